The number of alkyl halides is 13. The molecule has 0 amide bonds. The zero-order valence-corrected chi connectivity index (χ0v) is 35.5. The third-order valence-corrected chi connectivity index (χ3v) is 9.56. The van der Waals surface area contributed by atoms with Crippen molar-refractivity contribution in [3.63, 3.8) is 0 Å². The number of unbranched alkanes of at least 4 members (excludes halogenated alkanes) is 18. The predicted octanol–water partition coefficient (Wildman–Crippen LogP) is 9.84. The molecule has 0 bridgehead atoms. The van der Waals surface area contributed by atoms with Crippen molar-refractivity contribution in [1.82, 2.24) is 9.80 Å². The summed E-state index contributed by atoms with van der Waals surface area (Å²) in [4.78, 5) is -3.03. The van der Waals surface area contributed by atoms with E-state index in [1.807, 2.05) is 0 Å². The smallest absolute Gasteiger partial charge is 0.744 e. The van der Waals surface area contributed by atoms with Crippen LogP contribution in [0.3, 0.4) is 0 Å². The van der Waals surface area contributed by atoms with E-state index in [1.54, 1.807) is 0 Å². The van der Waals surface area contributed by atoms with Crippen molar-refractivity contribution in [2.75, 3.05) is 25.0 Å². The molecule has 21 heteroatoms. The van der Waals surface area contributed by atoms with Crippen LogP contribution in [0.25, 0.3) is 0 Å². The maximum Gasteiger partial charge on any atom is 1.00 e. The number of hydrogen-bond donors (Lipinski definition) is 0. The third-order valence-electron chi connectivity index (χ3n) is 8.15. The normalized spacial score (nSPS) is 12.8. The molecule has 1 aromatic rings. The van der Waals surface area contributed by atoms with Gasteiger partial charge in [0, 0.05) is 18.4 Å². The van der Waals surface area contributed by atoms with Gasteiger partial charge in [-0.15, -0.1) is 9.80 Å². The summed E-state index contributed by atoms with van der Waals surface area (Å²) in [6.45, 7) is -1.63. The van der Waals surface area contributed by atoms with Gasteiger partial charge in [-0.2, -0.15) is 52.7 Å². The van der Waals surface area contributed by atoms with Crippen LogP contribution in [0.2, 0.25) is 0 Å². The number of hydrogen-bond acceptors (Lipinski definition) is 6. The van der Waals surface area contributed by atoms with Crippen LogP contribution in [-0.2, 0) is 10.1 Å². The van der Waals surface area contributed by atoms with Crippen molar-refractivity contribution >= 4 is 26.0 Å². The summed E-state index contributed by atoms with van der Waals surface area (Å²) < 4.78 is 185. The molecule has 0 unspecified atom stereocenters. The number of rotatable bonds is 27. The third kappa shape index (κ3) is 30.2. The molecule has 0 radical (unpaired) electrons. The molecular formula is C34H52BrF12N2NaO4S. The van der Waals surface area contributed by atoms with Crippen molar-refractivity contribution in [2.45, 2.75) is 159 Å². The fraction of sp³-hybridized carbons (Fsp3) is 0.824. The minimum Gasteiger partial charge on any atom is -0.744 e. The van der Waals surface area contributed by atoms with Crippen LogP contribution >= 0.6 is 15.9 Å². The largest absolute Gasteiger partial charge is 1.00 e. The molecule has 0 aliphatic heterocycles. The van der Waals surface area contributed by atoms with Gasteiger partial charge in [-0.1, -0.05) is 119 Å². The van der Waals surface area contributed by atoms with Gasteiger partial charge in [-0.25, -0.2) is 8.42 Å². The van der Waals surface area contributed by atoms with Crippen LogP contribution in [0, 0.1) is 0 Å². The van der Waals surface area contributed by atoms with E-state index >= 15 is 0 Å². The molecule has 0 saturated heterocycles. The standard InChI is InChI=1S/C20H29F6NO4S.C14H24BrF6N.Na/c21-19(22,23)27(20(24,25)26)15-9-7-5-3-1-2-4-6-8-10-16-31-17-11-13-18(14-12-17)32(28,29)30;15-11-9-7-5-3-1-2-4-6-8-10-12-22(13(16,17)18)14(19,20)21;/h11-14H,1-10,15-16H2,(H,28,29,30);1-12H2;/q;;+1/p-1. The molecule has 0 aliphatic rings. The first-order valence-corrected chi connectivity index (χ1v) is 20.6. The maximum atomic E-state index is 12.3. The summed E-state index contributed by atoms with van der Waals surface area (Å²) in [5.41, 5.74) is 0. The van der Waals surface area contributed by atoms with Crippen molar-refractivity contribution in [3.05, 3.63) is 24.3 Å². The first-order valence-electron chi connectivity index (χ1n) is 18.1. The summed E-state index contributed by atoms with van der Waals surface area (Å²) in [7, 11) is -4.47. The van der Waals surface area contributed by atoms with Gasteiger partial charge in [-0.05, 0) is 49.9 Å². The maximum absolute atomic E-state index is 12.3. The fourth-order valence-electron chi connectivity index (χ4n) is 5.25. The summed E-state index contributed by atoms with van der Waals surface area (Å²) >= 11 is 3.36. The van der Waals surface area contributed by atoms with Crippen LogP contribution in [0.15, 0.2) is 29.2 Å². The van der Waals surface area contributed by atoms with Crippen molar-refractivity contribution in [3.8, 4) is 5.75 Å². The van der Waals surface area contributed by atoms with Gasteiger partial charge in [0.25, 0.3) is 0 Å². The molecule has 6 nitrogen and oxygen atoms in total. The van der Waals surface area contributed by atoms with E-state index in [1.165, 1.54) is 37.1 Å². The Morgan fingerprint density at radius 3 is 1.04 bits per heavy atom. The van der Waals surface area contributed by atoms with Crippen LogP contribution in [-0.4, -0.2) is 73.0 Å². The molecule has 0 aliphatic carbocycles. The Morgan fingerprint density at radius 1 is 0.491 bits per heavy atom. The Kier molecular flexibility index (Phi) is 30.5. The minimum atomic E-state index is -5.41. The van der Waals surface area contributed by atoms with Gasteiger partial charge in [-0.3, -0.25) is 0 Å². The number of halogens is 13. The van der Waals surface area contributed by atoms with Crippen LogP contribution in [0.1, 0.15) is 128 Å². The van der Waals surface area contributed by atoms with Crippen LogP contribution in [0.4, 0.5) is 52.7 Å². The van der Waals surface area contributed by atoms with Crippen molar-refractivity contribution in [2.24, 2.45) is 0 Å². The van der Waals surface area contributed by atoms with E-state index in [0.717, 1.165) is 82.4 Å². The molecule has 0 aromatic heterocycles. The topological polar surface area (TPSA) is 72.9 Å². The van der Waals surface area contributed by atoms with E-state index in [4.69, 9.17) is 4.74 Å². The zero-order valence-electron chi connectivity index (χ0n) is 31.1. The molecule has 320 valence electrons. The molecule has 0 spiro atoms. The SMILES string of the molecule is FC(F)(F)N(CCCCCCCCCCCCBr)C(F)(F)F.O=S(=O)([O-])c1ccc(OCCCCCCCCCCCCN(C(F)(F)F)C(F)(F)F)cc1.[Na+]. The summed E-state index contributed by atoms with van der Waals surface area (Å²) in [5, 5.41) is 1.01. The van der Waals surface area contributed by atoms with E-state index in [9.17, 15) is 65.7 Å². The molecule has 0 heterocycles. The quantitative estimate of drug-likeness (QED) is 0.0219. The molecule has 55 heavy (non-hydrogen) atoms. The van der Waals surface area contributed by atoms with Gasteiger partial charge in [0.05, 0.1) is 11.5 Å². The number of ether oxygens (including phenoxy) is 1. The van der Waals surface area contributed by atoms with Gasteiger partial charge in [0.15, 0.2) is 0 Å². The Bertz CT molecular complexity index is 1160. The minimum absolute atomic E-state index is 0. The summed E-state index contributed by atoms with van der Waals surface area (Å²) in [5.74, 6) is 0.478. The van der Waals surface area contributed by atoms with E-state index in [-0.39, 0.29) is 47.3 Å². The van der Waals surface area contributed by atoms with Gasteiger partial charge < -0.3 is 9.29 Å². The second kappa shape index (κ2) is 29.7. The molecule has 0 N–H and O–H groups in total. The zero-order chi connectivity index (χ0) is 41.3. The first kappa shape index (κ1) is 56.6. The van der Waals surface area contributed by atoms with Crippen LogP contribution < -0.4 is 34.3 Å². The van der Waals surface area contributed by atoms with Crippen molar-refractivity contribution in [1.29, 1.82) is 0 Å². The first-order chi connectivity index (χ1) is 25.0. The van der Waals surface area contributed by atoms with Crippen LogP contribution in [0.5, 0.6) is 5.75 Å². The summed E-state index contributed by atoms with van der Waals surface area (Å²) in [6, 6.07) is 5.24. The molecule has 0 saturated carbocycles. The van der Waals surface area contributed by atoms with Gasteiger partial charge >= 0.3 is 54.8 Å². The molecular weight excluding hydrogens is 863 g/mol. The molecule has 1 rings (SSSR count). The average molecular weight is 916 g/mol. The molecule has 0 atom stereocenters. The Balaban J connectivity index is 0. The molecule has 1 aromatic carbocycles. The predicted molar refractivity (Wildman–Crippen MR) is 184 cm³/mol. The van der Waals surface area contributed by atoms with E-state index < -0.39 is 58.2 Å². The van der Waals surface area contributed by atoms with Crippen molar-refractivity contribution < 1.29 is 99.9 Å². The second-order valence-electron chi connectivity index (χ2n) is 12.7. The Labute approximate surface area is 347 Å². The van der Waals surface area contributed by atoms with Gasteiger partial charge in [0.2, 0.25) is 0 Å². The molecule has 0 fully saturated rings. The number of benzene rings is 1. The summed E-state index contributed by atoms with van der Waals surface area (Å²) in [6.07, 6.45) is -5.86. The fourth-order valence-corrected chi connectivity index (χ4v) is 6.12. The number of nitrogens with zero attached hydrogens (tertiary/aromatic N) is 2. The van der Waals surface area contributed by atoms with E-state index in [2.05, 4.69) is 15.9 Å². The van der Waals surface area contributed by atoms with E-state index in [0.29, 0.717) is 38.0 Å². The Morgan fingerprint density at radius 2 is 0.764 bits per heavy atom. The monoisotopic (exact) mass is 914 g/mol. The average Bonchev–Trinajstić information content (AvgIpc) is 3.03. The van der Waals surface area contributed by atoms with Gasteiger partial charge in [0.1, 0.15) is 15.9 Å². The Hall–Kier alpha value is -0.510. The second-order valence-corrected chi connectivity index (χ2v) is 14.9.